The van der Waals surface area contributed by atoms with Gasteiger partial charge < -0.3 is 5.32 Å². The summed E-state index contributed by atoms with van der Waals surface area (Å²) in [6, 6.07) is 5.81. The van der Waals surface area contributed by atoms with E-state index in [2.05, 4.69) is 36.2 Å². The van der Waals surface area contributed by atoms with Crippen molar-refractivity contribution >= 4 is 21.7 Å². The van der Waals surface area contributed by atoms with Gasteiger partial charge in [0.15, 0.2) is 0 Å². The van der Waals surface area contributed by atoms with Gasteiger partial charge in [-0.3, -0.25) is 0 Å². The Hall–Kier alpha value is -1.49. The molecule has 0 amide bonds. The lowest BCUT2D eigenvalue weighted by atomic mass is 10.3. The maximum Gasteiger partial charge on any atom is 0.126 e. The fraction of sp³-hybridized carbons (Fsp3) is 0.182. The van der Waals surface area contributed by atoms with Crippen molar-refractivity contribution in [2.45, 2.75) is 13.5 Å². The van der Waals surface area contributed by atoms with Crippen molar-refractivity contribution in [3.63, 3.8) is 0 Å². The van der Waals surface area contributed by atoms with Crippen molar-refractivity contribution < 1.29 is 0 Å². The summed E-state index contributed by atoms with van der Waals surface area (Å²) in [5.74, 6) is 0.833. The maximum absolute atomic E-state index is 4.21. The van der Waals surface area contributed by atoms with Gasteiger partial charge in [-0.05, 0) is 41.1 Å². The third-order valence-corrected chi connectivity index (χ3v) is 2.51. The summed E-state index contributed by atoms with van der Waals surface area (Å²) in [4.78, 5) is 12.4. The second-order valence-electron chi connectivity index (χ2n) is 3.37. The second kappa shape index (κ2) is 5.03. The minimum atomic E-state index is 0.651. The lowest BCUT2D eigenvalue weighted by Crippen LogP contribution is -2.03. The number of halogens is 1. The Labute approximate surface area is 102 Å². The van der Waals surface area contributed by atoms with Crippen LogP contribution >= 0.6 is 15.9 Å². The summed E-state index contributed by atoms with van der Waals surface area (Å²) in [6.45, 7) is 2.60. The largest absolute Gasteiger partial charge is 0.364 e. The van der Waals surface area contributed by atoms with Crippen LogP contribution in [0.15, 0.2) is 35.2 Å². The molecule has 0 aliphatic rings. The van der Waals surface area contributed by atoms with E-state index in [4.69, 9.17) is 0 Å². The van der Waals surface area contributed by atoms with Crippen molar-refractivity contribution in [2.75, 3.05) is 5.32 Å². The van der Waals surface area contributed by atoms with Crippen LogP contribution in [-0.2, 0) is 6.54 Å². The molecule has 2 rings (SSSR count). The van der Waals surface area contributed by atoms with Crippen LogP contribution in [0, 0.1) is 6.92 Å². The third-order valence-electron chi connectivity index (χ3n) is 2.04. The second-order valence-corrected chi connectivity index (χ2v) is 4.28. The number of aryl methyl sites for hydroxylation is 1. The van der Waals surface area contributed by atoms with Crippen molar-refractivity contribution in [1.82, 2.24) is 15.0 Å². The highest BCUT2D eigenvalue weighted by Crippen LogP contribution is 2.11. The highest BCUT2D eigenvalue weighted by atomic mass is 79.9. The van der Waals surface area contributed by atoms with Crippen LogP contribution in [0.1, 0.15) is 11.4 Å². The molecule has 0 bridgehead atoms. The maximum atomic E-state index is 4.21. The summed E-state index contributed by atoms with van der Waals surface area (Å²) < 4.78 is 0.968. The summed E-state index contributed by atoms with van der Waals surface area (Å²) in [6.07, 6.45) is 3.33. The van der Waals surface area contributed by atoms with Gasteiger partial charge in [0.25, 0.3) is 0 Å². The highest BCUT2D eigenvalue weighted by Gasteiger charge is 1.97. The molecular formula is C11H11BrN4. The van der Waals surface area contributed by atoms with Crippen molar-refractivity contribution in [1.29, 1.82) is 0 Å². The van der Waals surface area contributed by atoms with E-state index in [9.17, 15) is 0 Å². The summed E-state index contributed by atoms with van der Waals surface area (Å²) in [5.41, 5.74) is 1.92. The van der Waals surface area contributed by atoms with Crippen LogP contribution in [0.2, 0.25) is 0 Å². The number of hydrogen-bond donors (Lipinski definition) is 1. The van der Waals surface area contributed by atoms with Crippen LogP contribution in [-0.4, -0.2) is 15.0 Å². The molecule has 2 heterocycles. The summed E-state index contributed by atoms with van der Waals surface area (Å²) >= 11 is 3.34. The molecule has 0 aromatic carbocycles. The minimum absolute atomic E-state index is 0.651. The summed E-state index contributed by atoms with van der Waals surface area (Å²) in [7, 11) is 0. The zero-order valence-electron chi connectivity index (χ0n) is 8.81. The average molecular weight is 279 g/mol. The van der Waals surface area contributed by atoms with E-state index in [0.29, 0.717) is 6.54 Å². The molecule has 0 radical (unpaired) electrons. The number of nitrogens with one attached hydrogen (secondary N) is 1. The number of anilines is 1. The number of hydrogen-bond acceptors (Lipinski definition) is 4. The molecule has 0 aliphatic heterocycles. The minimum Gasteiger partial charge on any atom is -0.364 e. The molecule has 0 unspecified atom stereocenters. The molecule has 2 aromatic rings. The quantitative estimate of drug-likeness (QED) is 0.938. The Kier molecular flexibility index (Phi) is 3.46. The topological polar surface area (TPSA) is 50.7 Å². The number of nitrogens with zero attached hydrogens (tertiary/aromatic N) is 3. The van der Waals surface area contributed by atoms with Gasteiger partial charge in [0.1, 0.15) is 12.1 Å². The first-order chi connectivity index (χ1) is 7.74. The first-order valence-electron chi connectivity index (χ1n) is 4.87. The van der Waals surface area contributed by atoms with E-state index < -0.39 is 0 Å². The molecule has 82 valence electrons. The monoisotopic (exact) mass is 278 g/mol. The van der Waals surface area contributed by atoms with E-state index >= 15 is 0 Å². The first-order valence-corrected chi connectivity index (χ1v) is 5.66. The summed E-state index contributed by atoms with van der Waals surface area (Å²) in [5, 5.41) is 3.19. The van der Waals surface area contributed by atoms with Crippen molar-refractivity contribution in [3.05, 3.63) is 46.6 Å². The van der Waals surface area contributed by atoms with E-state index in [1.807, 2.05) is 25.1 Å². The molecule has 2 aromatic heterocycles. The van der Waals surface area contributed by atoms with Gasteiger partial charge in [-0.25, -0.2) is 15.0 Å². The van der Waals surface area contributed by atoms with Crippen LogP contribution in [0.5, 0.6) is 0 Å². The van der Waals surface area contributed by atoms with Crippen molar-refractivity contribution in [2.24, 2.45) is 0 Å². The fourth-order valence-corrected chi connectivity index (χ4v) is 1.50. The fourth-order valence-electron chi connectivity index (χ4n) is 1.27. The lowest BCUT2D eigenvalue weighted by Gasteiger charge is -2.05. The molecule has 0 saturated carbocycles. The standard InChI is InChI=1S/C11H11BrN4/c1-8-4-10(16-7-15-8)6-14-11-3-2-9(12)5-13-11/h2-5,7H,6H2,1H3,(H,13,14). The van der Waals surface area contributed by atoms with Crippen LogP contribution in [0.25, 0.3) is 0 Å². The number of rotatable bonds is 3. The Bertz CT molecular complexity index is 470. The lowest BCUT2D eigenvalue weighted by molar-refractivity contribution is 0.975. The van der Waals surface area contributed by atoms with Gasteiger partial charge >= 0.3 is 0 Å². The van der Waals surface area contributed by atoms with Gasteiger partial charge in [-0.15, -0.1) is 0 Å². The highest BCUT2D eigenvalue weighted by molar-refractivity contribution is 9.10. The van der Waals surface area contributed by atoms with Crippen LogP contribution in [0.3, 0.4) is 0 Å². The zero-order chi connectivity index (χ0) is 11.4. The SMILES string of the molecule is Cc1cc(CNc2ccc(Br)cn2)ncn1. The van der Waals surface area contributed by atoms with Gasteiger partial charge in [0.05, 0.1) is 12.2 Å². The predicted octanol–water partition coefficient (Wildman–Crippen LogP) is 2.55. The van der Waals surface area contributed by atoms with Gasteiger partial charge in [0, 0.05) is 16.4 Å². The van der Waals surface area contributed by atoms with Gasteiger partial charge in [0.2, 0.25) is 0 Å². The Morgan fingerprint density at radius 2 is 2.12 bits per heavy atom. The predicted molar refractivity (Wildman–Crippen MR) is 66.0 cm³/mol. The molecule has 0 fully saturated rings. The normalized spacial score (nSPS) is 10.1. The Morgan fingerprint density at radius 1 is 1.25 bits per heavy atom. The van der Waals surface area contributed by atoms with E-state index in [1.165, 1.54) is 0 Å². The molecule has 0 saturated heterocycles. The van der Waals surface area contributed by atoms with Crippen LogP contribution < -0.4 is 5.32 Å². The third kappa shape index (κ3) is 3.00. The molecule has 0 spiro atoms. The Morgan fingerprint density at radius 3 is 2.81 bits per heavy atom. The Balaban J connectivity index is 1.99. The molecule has 5 heteroatoms. The van der Waals surface area contributed by atoms with Gasteiger partial charge in [-0.1, -0.05) is 0 Å². The van der Waals surface area contributed by atoms with Crippen LogP contribution in [0.4, 0.5) is 5.82 Å². The smallest absolute Gasteiger partial charge is 0.126 e. The van der Waals surface area contributed by atoms with E-state index in [1.54, 1.807) is 12.5 Å². The molecular weight excluding hydrogens is 268 g/mol. The average Bonchev–Trinajstić information content (AvgIpc) is 2.28. The number of pyridine rings is 1. The molecule has 0 atom stereocenters. The molecule has 1 N–H and O–H groups in total. The molecule has 0 aliphatic carbocycles. The first kappa shape index (κ1) is 11.0. The molecule has 4 nitrogen and oxygen atoms in total. The van der Waals surface area contributed by atoms with Crippen molar-refractivity contribution in [3.8, 4) is 0 Å². The molecule has 16 heavy (non-hydrogen) atoms. The zero-order valence-corrected chi connectivity index (χ0v) is 10.4. The van der Waals surface area contributed by atoms with E-state index in [-0.39, 0.29) is 0 Å². The number of aromatic nitrogens is 3. The van der Waals surface area contributed by atoms with E-state index in [0.717, 1.165) is 21.7 Å². The van der Waals surface area contributed by atoms with Gasteiger partial charge in [-0.2, -0.15) is 0 Å².